The van der Waals surface area contributed by atoms with Crippen LogP contribution in [0, 0.1) is 0 Å². The van der Waals surface area contributed by atoms with E-state index >= 15 is 0 Å². The van der Waals surface area contributed by atoms with Gasteiger partial charge in [-0.2, -0.15) is 0 Å². The zero-order chi connectivity index (χ0) is 17.7. The second-order valence-corrected chi connectivity index (χ2v) is 6.76. The first-order valence-electron chi connectivity index (χ1n) is 7.37. The minimum atomic E-state index is -1.00. The summed E-state index contributed by atoms with van der Waals surface area (Å²) in [5.74, 6) is -0.689. The van der Waals surface area contributed by atoms with E-state index in [4.69, 9.17) is 14.6 Å². The Bertz CT molecular complexity index is 547. The Morgan fingerprint density at radius 3 is 2.13 bits per heavy atom. The van der Waals surface area contributed by atoms with Crippen molar-refractivity contribution in [2.45, 2.75) is 45.3 Å². The fourth-order valence-corrected chi connectivity index (χ4v) is 2.16. The van der Waals surface area contributed by atoms with E-state index in [2.05, 4.69) is 5.32 Å². The second-order valence-electron chi connectivity index (χ2n) is 6.76. The van der Waals surface area contributed by atoms with E-state index in [1.165, 1.54) is 7.11 Å². The third-order valence-corrected chi connectivity index (χ3v) is 2.96. The Labute approximate surface area is 136 Å². The van der Waals surface area contributed by atoms with Crippen LogP contribution in [-0.4, -0.2) is 41.8 Å². The summed E-state index contributed by atoms with van der Waals surface area (Å²) in [6.45, 7) is 7.57. The number of carboxylic acid groups (broad SMARTS) is 1. The van der Waals surface area contributed by atoms with Gasteiger partial charge in [0.2, 0.25) is 0 Å². The fourth-order valence-electron chi connectivity index (χ4n) is 2.16. The number of hydrogen-bond acceptors (Lipinski definition) is 4. The number of carbonyl (C=O) groups is 2. The molecular weight excluding hydrogens is 298 g/mol. The first-order valence-corrected chi connectivity index (χ1v) is 7.37. The van der Waals surface area contributed by atoms with Crippen molar-refractivity contribution in [2.24, 2.45) is 0 Å². The molecule has 0 saturated carbocycles. The van der Waals surface area contributed by atoms with Crippen molar-refractivity contribution in [3.63, 3.8) is 0 Å². The highest BCUT2D eigenvalue weighted by Crippen LogP contribution is 2.19. The van der Waals surface area contributed by atoms with Crippen molar-refractivity contribution in [3.05, 3.63) is 29.8 Å². The lowest BCUT2D eigenvalue weighted by Crippen LogP contribution is -2.50. The van der Waals surface area contributed by atoms with Crippen molar-refractivity contribution >= 4 is 11.9 Å². The van der Waals surface area contributed by atoms with Crippen molar-refractivity contribution in [1.82, 2.24) is 5.32 Å². The van der Waals surface area contributed by atoms with E-state index in [0.717, 1.165) is 0 Å². The highest BCUT2D eigenvalue weighted by atomic mass is 16.5. The van der Waals surface area contributed by atoms with E-state index in [9.17, 15) is 9.59 Å². The zero-order valence-corrected chi connectivity index (χ0v) is 14.3. The van der Waals surface area contributed by atoms with Crippen LogP contribution in [0.2, 0.25) is 0 Å². The minimum Gasteiger partial charge on any atom is -0.488 e. The molecule has 0 aliphatic rings. The number of ether oxygens (including phenoxy) is 2. The number of methoxy groups -OCH3 is 1. The summed E-state index contributed by atoms with van der Waals surface area (Å²) < 4.78 is 10.7. The zero-order valence-electron chi connectivity index (χ0n) is 14.3. The van der Waals surface area contributed by atoms with Crippen LogP contribution in [0.1, 0.15) is 44.5 Å². The van der Waals surface area contributed by atoms with E-state index in [0.29, 0.717) is 11.3 Å². The Morgan fingerprint density at radius 2 is 1.70 bits per heavy atom. The molecule has 1 amide bonds. The summed E-state index contributed by atoms with van der Waals surface area (Å²) in [6, 6.07) is 6.71. The van der Waals surface area contributed by atoms with Gasteiger partial charge in [-0.3, -0.25) is 9.59 Å². The van der Waals surface area contributed by atoms with E-state index in [-0.39, 0.29) is 24.5 Å². The van der Waals surface area contributed by atoms with Gasteiger partial charge in [0.15, 0.2) is 0 Å². The summed E-state index contributed by atoms with van der Waals surface area (Å²) in [5.41, 5.74) is -0.862. The van der Waals surface area contributed by atoms with Gasteiger partial charge in [0, 0.05) is 12.7 Å². The number of carbonyl (C=O) groups excluding carboxylic acids is 1. The summed E-state index contributed by atoms with van der Waals surface area (Å²) in [5, 5.41) is 11.7. The summed E-state index contributed by atoms with van der Waals surface area (Å²) >= 11 is 0. The predicted octanol–water partition coefficient (Wildman–Crippen LogP) is 2.47. The van der Waals surface area contributed by atoms with Crippen LogP contribution in [0.3, 0.4) is 0 Å². The van der Waals surface area contributed by atoms with Gasteiger partial charge in [0.05, 0.1) is 18.6 Å². The minimum absolute atomic E-state index is 0.107. The molecule has 0 spiro atoms. The maximum atomic E-state index is 12.3. The molecule has 1 aromatic rings. The van der Waals surface area contributed by atoms with Crippen molar-refractivity contribution in [3.8, 4) is 5.75 Å². The van der Waals surface area contributed by atoms with Crippen molar-refractivity contribution < 1.29 is 24.2 Å². The number of amides is 1. The van der Waals surface area contributed by atoms with Gasteiger partial charge in [-0.05, 0) is 52.0 Å². The number of carboxylic acids is 1. The summed E-state index contributed by atoms with van der Waals surface area (Å²) in [6.07, 6.45) is -0.224. The van der Waals surface area contributed by atoms with Crippen LogP contribution < -0.4 is 10.1 Å². The Balaban J connectivity index is 2.81. The van der Waals surface area contributed by atoms with E-state index in [1.807, 2.05) is 20.8 Å². The fraction of sp³-hybridized carbons (Fsp3) is 0.529. The molecule has 6 nitrogen and oxygen atoms in total. The quantitative estimate of drug-likeness (QED) is 0.805. The lowest BCUT2D eigenvalue weighted by Gasteiger charge is -2.28. The standard InChI is InChI=1S/C17H25NO5/c1-16(2,3)23-13-8-6-12(7-9-13)15(21)18-17(4,11-22-5)10-14(19)20/h6-9H,10-11H2,1-5H3,(H,18,21)(H,19,20). The molecule has 1 atom stereocenters. The maximum Gasteiger partial charge on any atom is 0.305 e. The first-order chi connectivity index (χ1) is 10.5. The molecule has 1 rings (SSSR count). The molecule has 128 valence electrons. The van der Waals surface area contributed by atoms with Gasteiger partial charge in [-0.15, -0.1) is 0 Å². The van der Waals surface area contributed by atoms with Gasteiger partial charge in [-0.1, -0.05) is 0 Å². The molecular formula is C17H25NO5. The number of hydrogen-bond donors (Lipinski definition) is 2. The molecule has 0 saturated heterocycles. The van der Waals surface area contributed by atoms with Gasteiger partial charge >= 0.3 is 5.97 Å². The molecule has 1 unspecified atom stereocenters. The largest absolute Gasteiger partial charge is 0.488 e. The van der Waals surface area contributed by atoms with Crippen LogP contribution in [0.5, 0.6) is 5.75 Å². The second kappa shape index (κ2) is 7.46. The highest BCUT2D eigenvalue weighted by molar-refractivity contribution is 5.95. The van der Waals surface area contributed by atoms with E-state index in [1.54, 1.807) is 31.2 Å². The molecule has 1 aromatic carbocycles. The molecule has 2 N–H and O–H groups in total. The van der Waals surface area contributed by atoms with Crippen LogP contribution in [0.15, 0.2) is 24.3 Å². The first kappa shape index (κ1) is 19.0. The maximum absolute atomic E-state index is 12.3. The van der Waals surface area contributed by atoms with Gasteiger partial charge in [0.25, 0.3) is 5.91 Å². The lowest BCUT2D eigenvalue weighted by molar-refractivity contribution is -0.139. The Kier molecular flexibility index (Phi) is 6.15. The van der Waals surface area contributed by atoms with E-state index < -0.39 is 11.5 Å². The average Bonchev–Trinajstić information content (AvgIpc) is 2.36. The summed E-state index contributed by atoms with van der Waals surface area (Å²) in [4.78, 5) is 23.3. The number of aliphatic carboxylic acids is 1. The molecule has 0 bridgehead atoms. The molecule has 0 aliphatic carbocycles. The van der Waals surface area contributed by atoms with Gasteiger partial charge in [0.1, 0.15) is 11.4 Å². The monoisotopic (exact) mass is 323 g/mol. The molecule has 0 fully saturated rings. The van der Waals surface area contributed by atoms with Crippen LogP contribution in [-0.2, 0) is 9.53 Å². The van der Waals surface area contributed by atoms with Crippen LogP contribution in [0.25, 0.3) is 0 Å². The topological polar surface area (TPSA) is 84.9 Å². The van der Waals surface area contributed by atoms with Crippen molar-refractivity contribution in [2.75, 3.05) is 13.7 Å². The normalized spacial score (nSPS) is 14.0. The number of rotatable bonds is 7. The third kappa shape index (κ3) is 6.69. The van der Waals surface area contributed by atoms with Gasteiger partial charge in [-0.25, -0.2) is 0 Å². The molecule has 6 heteroatoms. The molecule has 0 aromatic heterocycles. The Morgan fingerprint density at radius 1 is 1.13 bits per heavy atom. The molecule has 0 radical (unpaired) electrons. The van der Waals surface area contributed by atoms with Crippen LogP contribution in [0.4, 0.5) is 0 Å². The Hall–Kier alpha value is -2.08. The number of nitrogens with one attached hydrogen (secondary N) is 1. The molecule has 0 heterocycles. The number of benzene rings is 1. The van der Waals surface area contributed by atoms with Crippen molar-refractivity contribution in [1.29, 1.82) is 0 Å². The highest BCUT2D eigenvalue weighted by Gasteiger charge is 2.30. The summed E-state index contributed by atoms with van der Waals surface area (Å²) in [7, 11) is 1.46. The smallest absolute Gasteiger partial charge is 0.305 e. The SMILES string of the molecule is COCC(C)(CC(=O)O)NC(=O)c1ccc(OC(C)(C)C)cc1. The lowest BCUT2D eigenvalue weighted by atomic mass is 9.98. The third-order valence-electron chi connectivity index (χ3n) is 2.96. The van der Waals surface area contributed by atoms with Gasteiger partial charge < -0.3 is 19.9 Å². The predicted molar refractivity (Wildman–Crippen MR) is 86.8 cm³/mol. The molecule has 0 aliphatic heterocycles. The van der Waals surface area contributed by atoms with Crippen LogP contribution >= 0.6 is 0 Å². The molecule has 23 heavy (non-hydrogen) atoms. The average molecular weight is 323 g/mol.